The molecule has 5 rings (SSSR count). The molecule has 0 radical (unpaired) electrons. The third-order valence-electron chi connectivity index (χ3n) is 6.45. The van der Waals surface area contributed by atoms with E-state index in [1.807, 2.05) is 0 Å². The van der Waals surface area contributed by atoms with E-state index in [0.717, 1.165) is 18.2 Å². The van der Waals surface area contributed by atoms with Gasteiger partial charge in [-0.25, -0.2) is 4.79 Å². The van der Waals surface area contributed by atoms with Crippen LogP contribution >= 0.6 is 11.6 Å². The van der Waals surface area contributed by atoms with Gasteiger partial charge in [0.25, 0.3) is 20.2 Å². The fourth-order valence-electron chi connectivity index (χ4n) is 4.40. The Balaban J connectivity index is 1.45. The lowest BCUT2D eigenvalue weighted by Gasteiger charge is -2.12. The topological polar surface area (TPSA) is 224 Å². The molecule has 0 fully saturated rings. The quantitative estimate of drug-likeness (QED) is 0.0800. The molecule has 2 amide bonds. The predicted molar refractivity (Wildman–Crippen MR) is 166 cm³/mol. The number of carbonyl (C=O) groups is 1. The largest absolute Gasteiger partial charge is 0.507 e. The van der Waals surface area contributed by atoms with E-state index in [2.05, 4.69) is 20.9 Å². The molecule has 0 aliphatic heterocycles. The van der Waals surface area contributed by atoms with Crippen LogP contribution in [0, 0.1) is 0 Å². The van der Waals surface area contributed by atoms with E-state index in [0.29, 0.717) is 5.02 Å². The summed E-state index contributed by atoms with van der Waals surface area (Å²) < 4.78 is 71.9. The number of fused-ring (bicyclic) bond motifs is 2. The maximum atomic E-state index is 12.7. The van der Waals surface area contributed by atoms with Crippen LogP contribution in [-0.4, -0.2) is 49.3 Å². The number of phenols is 2. The summed E-state index contributed by atoms with van der Waals surface area (Å²) in [6.07, 6.45) is 0. The normalized spacial score (nSPS) is 12.1. The number of carbonyl (C=O) groups excluding carboxylic acids is 1. The molecule has 0 unspecified atom stereocenters. The second kappa shape index (κ2) is 11.8. The summed E-state index contributed by atoms with van der Waals surface area (Å²) in [6.45, 7) is 0. The molecule has 0 bridgehead atoms. The Labute approximate surface area is 260 Å². The van der Waals surface area contributed by atoms with Crippen LogP contribution in [-0.2, 0) is 20.2 Å². The summed E-state index contributed by atoms with van der Waals surface area (Å²) in [7, 11) is -8.16. The van der Waals surface area contributed by atoms with Crippen LogP contribution in [0.2, 0.25) is 5.02 Å². The molecule has 14 nitrogen and oxygen atoms in total. The Kier molecular flexibility index (Phi) is 8.26. The van der Waals surface area contributed by atoms with Gasteiger partial charge in [-0.15, -0.1) is 10.2 Å². The van der Waals surface area contributed by atoms with Crippen LogP contribution in [0.3, 0.4) is 0 Å². The first kappa shape index (κ1) is 31.4. The number of azo groups is 1. The number of halogens is 1. The number of urea groups is 1. The van der Waals surface area contributed by atoms with E-state index in [-0.39, 0.29) is 44.4 Å². The minimum absolute atomic E-state index is 0.111. The molecule has 5 aromatic carbocycles. The molecule has 232 valence electrons. The van der Waals surface area contributed by atoms with Crippen LogP contribution in [0.1, 0.15) is 0 Å². The van der Waals surface area contributed by atoms with E-state index >= 15 is 0 Å². The maximum absolute atomic E-state index is 12.7. The summed E-state index contributed by atoms with van der Waals surface area (Å²) in [5.41, 5.74) is -0.0188. The average molecular weight is 673 g/mol. The number of amides is 2. The van der Waals surface area contributed by atoms with Crippen LogP contribution in [0.15, 0.2) is 92.8 Å². The average Bonchev–Trinajstić information content (AvgIpc) is 2.95. The fraction of sp³-hybridized carbons (Fsp3) is 0.0357. The SMILES string of the molecule is COc1cc(Cl)ccc1N=Nc1c(S(=O)(=O)O)cc2cc(NC(=O)Nc3ccc4c(O)cc(S(=O)(=O)O)cc4c3)ccc2c1O. The lowest BCUT2D eigenvalue weighted by atomic mass is 10.1. The van der Waals surface area contributed by atoms with Gasteiger partial charge in [-0.2, -0.15) is 16.8 Å². The van der Waals surface area contributed by atoms with Gasteiger partial charge < -0.3 is 25.6 Å². The van der Waals surface area contributed by atoms with Crippen molar-refractivity contribution in [2.45, 2.75) is 9.79 Å². The Morgan fingerprint density at radius 2 is 1.40 bits per heavy atom. The van der Waals surface area contributed by atoms with Crippen molar-refractivity contribution >= 4 is 82.2 Å². The number of methoxy groups -OCH3 is 1. The van der Waals surface area contributed by atoms with Gasteiger partial charge in [-0.3, -0.25) is 9.11 Å². The summed E-state index contributed by atoms with van der Waals surface area (Å²) in [4.78, 5) is 11.5. The summed E-state index contributed by atoms with van der Waals surface area (Å²) in [5.74, 6) is -0.788. The smallest absolute Gasteiger partial charge is 0.323 e. The highest BCUT2D eigenvalue weighted by Crippen LogP contribution is 2.43. The summed E-state index contributed by atoms with van der Waals surface area (Å²) in [5, 5.41) is 35.0. The second-order valence-electron chi connectivity index (χ2n) is 9.43. The molecule has 6 N–H and O–H groups in total. The molecule has 0 aliphatic rings. The van der Waals surface area contributed by atoms with E-state index in [9.17, 15) is 40.9 Å². The van der Waals surface area contributed by atoms with Gasteiger partial charge in [0.15, 0.2) is 5.75 Å². The monoisotopic (exact) mass is 672 g/mol. The van der Waals surface area contributed by atoms with E-state index in [1.165, 1.54) is 61.7 Å². The zero-order valence-corrected chi connectivity index (χ0v) is 25.1. The van der Waals surface area contributed by atoms with E-state index in [4.69, 9.17) is 16.3 Å². The lowest BCUT2D eigenvalue weighted by Crippen LogP contribution is -2.19. The minimum atomic E-state index is -4.92. The van der Waals surface area contributed by atoms with Crippen molar-refractivity contribution in [2.24, 2.45) is 10.2 Å². The molecule has 0 saturated heterocycles. The number of hydrogen-bond acceptors (Lipinski definition) is 10. The number of rotatable bonds is 7. The third kappa shape index (κ3) is 6.74. The molecular weight excluding hydrogens is 652 g/mol. The molecule has 5 aromatic rings. The Morgan fingerprint density at radius 3 is 2.00 bits per heavy atom. The van der Waals surface area contributed by atoms with Gasteiger partial charge in [0.2, 0.25) is 0 Å². The number of nitrogens with zero attached hydrogens (tertiary/aromatic N) is 2. The third-order valence-corrected chi connectivity index (χ3v) is 8.38. The van der Waals surface area contributed by atoms with Crippen molar-refractivity contribution in [1.82, 2.24) is 0 Å². The number of hydrogen-bond donors (Lipinski definition) is 6. The van der Waals surface area contributed by atoms with Gasteiger partial charge in [0.1, 0.15) is 27.8 Å². The minimum Gasteiger partial charge on any atom is -0.507 e. The van der Waals surface area contributed by atoms with Gasteiger partial charge in [-0.05, 0) is 71.4 Å². The van der Waals surface area contributed by atoms with Gasteiger partial charge in [-0.1, -0.05) is 11.6 Å². The van der Waals surface area contributed by atoms with Crippen molar-refractivity contribution in [3.05, 3.63) is 77.8 Å². The number of ether oxygens (including phenoxy) is 1. The number of aromatic hydroxyl groups is 2. The highest BCUT2D eigenvalue weighted by atomic mass is 35.5. The first-order valence-corrected chi connectivity index (χ1v) is 15.7. The Hall–Kier alpha value is -5.00. The van der Waals surface area contributed by atoms with Gasteiger partial charge in [0.05, 0.1) is 12.0 Å². The molecular formula is C28H21ClN4O10S2. The molecule has 0 atom stereocenters. The number of phenolic OH excluding ortho intramolecular Hbond substituents is 2. The molecule has 0 saturated carbocycles. The first-order valence-electron chi connectivity index (χ1n) is 12.5. The molecule has 0 heterocycles. The van der Waals surface area contributed by atoms with Crippen LogP contribution in [0.4, 0.5) is 27.5 Å². The van der Waals surface area contributed by atoms with Crippen molar-refractivity contribution in [1.29, 1.82) is 0 Å². The van der Waals surface area contributed by atoms with Crippen LogP contribution < -0.4 is 15.4 Å². The highest BCUT2D eigenvalue weighted by Gasteiger charge is 2.23. The number of benzene rings is 5. The molecule has 45 heavy (non-hydrogen) atoms. The number of nitrogens with one attached hydrogen (secondary N) is 2. The summed E-state index contributed by atoms with van der Waals surface area (Å²) in [6, 6.07) is 15.1. The Bertz CT molecular complexity index is 2280. The fourth-order valence-corrected chi connectivity index (χ4v) is 5.76. The zero-order valence-electron chi connectivity index (χ0n) is 22.8. The first-order chi connectivity index (χ1) is 21.1. The van der Waals surface area contributed by atoms with E-state index < -0.39 is 53.2 Å². The number of anilines is 2. The molecule has 0 aromatic heterocycles. The molecule has 17 heteroatoms. The van der Waals surface area contributed by atoms with Gasteiger partial charge in [0, 0.05) is 39.3 Å². The zero-order chi connectivity index (χ0) is 32.7. The second-order valence-corrected chi connectivity index (χ2v) is 12.7. The van der Waals surface area contributed by atoms with Crippen LogP contribution in [0.5, 0.6) is 17.2 Å². The summed E-state index contributed by atoms with van der Waals surface area (Å²) >= 11 is 5.95. The van der Waals surface area contributed by atoms with Crippen molar-refractivity contribution in [2.75, 3.05) is 17.7 Å². The van der Waals surface area contributed by atoms with Crippen molar-refractivity contribution in [3.63, 3.8) is 0 Å². The Morgan fingerprint density at radius 1 is 0.778 bits per heavy atom. The maximum Gasteiger partial charge on any atom is 0.323 e. The van der Waals surface area contributed by atoms with Crippen LogP contribution in [0.25, 0.3) is 21.5 Å². The standard InChI is InChI=1S/C28H21ClN4O10S2/c1-43-24-12-16(29)2-7-22(24)32-33-26-25(45(40,41)42)11-15-9-18(4-6-21(15)27(26)35)31-28(36)30-17-3-5-20-14(8-17)10-19(13-23(20)34)44(37,38)39/h2-13,34-35H,1H3,(H2,30,31,36)(H,37,38,39)(H,40,41,42). The molecule has 0 spiro atoms. The van der Waals surface area contributed by atoms with Crippen molar-refractivity contribution < 1.29 is 45.7 Å². The van der Waals surface area contributed by atoms with E-state index in [1.54, 1.807) is 0 Å². The predicted octanol–water partition coefficient (Wildman–Crippen LogP) is 6.62. The molecule has 0 aliphatic carbocycles. The lowest BCUT2D eigenvalue weighted by molar-refractivity contribution is 0.262. The van der Waals surface area contributed by atoms with Crippen molar-refractivity contribution in [3.8, 4) is 17.2 Å². The van der Waals surface area contributed by atoms with Gasteiger partial charge >= 0.3 is 6.03 Å². The highest BCUT2D eigenvalue weighted by molar-refractivity contribution is 7.86.